The molecule has 0 aliphatic heterocycles. The van der Waals surface area contributed by atoms with E-state index in [1.165, 1.54) is 24.8 Å². The zero-order valence-electron chi connectivity index (χ0n) is 11.6. The van der Waals surface area contributed by atoms with Gasteiger partial charge in [-0.1, -0.05) is 48.4 Å². The number of hydrogen-bond acceptors (Lipinski definition) is 1. The third-order valence-corrected chi connectivity index (χ3v) is 4.57. The maximum Gasteiger partial charge on any atom is 0.104 e. The molecule has 3 rings (SSSR count). The molecule has 20 heavy (non-hydrogen) atoms. The fraction of sp³-hybridized carbons (Fsp3) is 0.333. The summed E-state index contributed by atoms with van der Waals surface area (Å²) in [5.41, 5.74) is 4.27. The summed E-state index contributed by atoms with van der Waals surface area (Å²) in [6.45, 7) is 2.00. The molecule has 1 atom stereocenters. The van der Waals surface area contributed by atoms with Gasteiger partial charge >= 0.3 is 0 Å². The first-order valence-electron chi connectivity index (χ1n) is 7.19. The number of halogens is 1. The Labute approximate surface area is 125 Å². The smallest absolute Gasteiger partial charge is 0.104 e. The van der Waals surface area contributed by atoms with Crippen molar-refractivity contribution >= 4 is 11.6 Å². The molecule has 1 N–H and O–H groups in total. The van der Waals surface area contributed by atoms with Crippen LogP contribution in [0.2, 0.25) is 5.02 Å². The number of rotatable bonds is 3. The Balaban J connectivity index is 1.93. The molecule has 1 fully saturated rings. The predicted octanol–water partition coefficient (Wildman–Crippen LogP) is 5.00. The monoisotopic (exact) mass is 286 g/mol. The molecule has 0 spiro atoms. The van der Waals surface area contributed by atoms with E-state index in [4.69, 9.17) is 11.6 Å². The van der Waals surface area contributed by atoms with E-state index >= 15 is 0 Å². The average Bonchev–Trinajstić information content (AvgIpc) is 2.39. The van der Waals surface area contributed by atoms with Crippen molar-refractivity contribution in [2.24, 2.45) is 0 Å². The minimum Gasteiger partial charge on any atom is -0.384 e. The minimum absolute atomic E-state index is 0.603. The fourth-order valence-electron chi connectivity index (χ4n) is 2.81. The first-order chi connectivity index (χ1) is 9.65. The lowest BCUT2D eigenvalue weighted by molar-refractivity contribution is 0.219. The topological polar surface area (TPSA) is 20.2 Å². The highest BCUT2D eigenvalue weighted by Crippen LogP contribution is 2.37. The van der Waals surface area contributed by atoms with Gasteiger partial charge in [0, 0.05) is 5.02 Å². The first-order valence-corrected chi connectivity index (χ1v) is 7.57. The van der Waals surface area contributed by atoms with Gasteiger partial charge in [0.2, 0.25) is 0 Å². The molecule has 0 heterocycles. The van der Waals surface area contributed by atoms with Crippen LogP contribution in [0.1, 0.15) is 53.5 Å². The fourth-order valence-corrected chi connectivity index (χ4v) is 2.99. The van der Waals surface area contributed by atoms with Crippen molar-refractivity contribution in [3.05, 3.63) is 69.7 Å². The van der Waals surface area contributed by atoms with Crippen molar-refractivity contribution in [3.8, 4) is 0 Å². The molecule has 2 aromatic rings. The highest BCUT2D eigenvalue weighted by Gasteiger charge is 2.21. The Morgan fingerprint density at radius 3 is 2.65 bits per heavy atom. The summed E-state index contributed by atoms with van der Waals surface area (Å²) in [5, 5.41) is 11.3. The molecule has 2 heteroatoms. The van der Waals surface area contributed by atoms with Crippen LogP contribution in [0.5, 0.6) is 0 Å². The minimum atomic E-state index is -0.603. The van der Waals surface area contributed by atoms with Gasteiger partial charge in [-0.25, -0.2) is 0 Å². The van der Waals surface area contributed by atoms with E-state index < -0.39 is 6.10 Å². The molecule has 0 bridgehead atoms. The summed E-state index contributed by atoms with van der Waals surface area (Å²) in [7, 11) is 0. The quantitative estimate of drug-likeness (QED) is 0.842. The Morgan fingerprint density at radius 2 is 1.95 bits per heavy atom. The molecule has 0 aromatic heterocycles. The van der Waals surface area contributed by atoms with Crippen LogP contribution in [-0.4, -0.2) is 5.11 Å². The Hall–Kier alpha value is -1.31. The van der Waals surface area contributed by atoms with Crippen LogP contribution in [0, 0.1) is 6.92 Å². The first kappa shape index (κ1) is 13.7. The second-order valence-corrected chi connectivity index (χ2v) is 6.14. The van der Waals surface area contributed by atoms with Gasteiger partial charge in [0.25, 0.3) is 0 Å². The van der Waals surface area contributed by atoms with Crippen molar-refractivity contribution in [1.82, 2.24) is 0 Å². The molecular formula is C18H19ClO. The van der Waals surface area contributed by atoms with E-state index in [1.54, 1.807) is 0 Å². The van der Waals surface area contributed by atoms with Gasteiger partial charge in [-0.15, -0.1) is 0 Å². The number of benzene rings is 2. The summed E-state index contributed by atoms with van der Waals surface area (Å²) in [5.74, 6) is 0.683. The Bertz CT molecular complexity index is 617. The number of hydrogen-bond donors (Lipinski definition) is 1. The van der Waals surface area contributed by atoms with E-state index in [9.17, 15) is 5.11 Å². The van der Waals surface area contributed by atoms with Gasteiger partial charge in [0.1, 0.15) is 6.10 Å². The van der Waals surface area contributed by atoms with Crippen LogP contribution < -0.4 is 0 Å². The number of aryl methyl sites for hydroxylation is 1. The molecular weight excluding hydrogens is 268 g/mol. The van der Waals surface area contributed by atoms with E-state index in [0.717, 1.165) is 16.7 Å². The normalized spacial score (nSPS) is 16.8. The van der Waals surface area contributed by atoms with Crippen molar-refractivity contribution < 1.29 is 5.11 Å². The summed E-state index contributed by atoms with van der Waals surface area (Å²) >= 11 is 6.05. The van der Waals surface area contributed by atoms with Gasteiger partial charge in [0.15, 0.2) is 0 Å². The van der Waals surface area contributed by atoms with E-state index in [0.29, 0.717) is 10.9 Å². The van der Waals surface area contributed by atoms with Gasteiger partial charge in [0.05, 0.1) is 0 Å². The Kier molecular flexibility index (Phi) is 3.82. The highest BCUT2D eigenvalue weighted by atomic mass is 35.5. The van der Waals surface area contributed by atoms with Crippen molar-refractivity contribution in [2.75, 3.05) is 0 Å². The number of aliphatic hydroxyl groups is 1. The maximum atomic E-state index is 10.6. The SMILES string of the molecule is Cc1ccc(Cl)cc1C(O)c1cccc(C2CCC2)c1. The van der Waals surface area contributed by atoms with Crippen LogP contribution in [0.25, 0.3) is 0 Å². The summed E-state index contributed by atoms with van der Waals surface area (Å²) in [6, 6.07) is 14.0. The molecule has 1 saturated carbocycles. The zero-order valence-corrected chi connectivity index (χ0v) is 12.4. The van der Waals surface area contributed by atoms with E-state index in [-0.39, 0.29) is 0 Å². The largest absolute Gasteiger partial charge is 0.384 e. The van der Waals surface area contributed by atoms with Gasteiger partial charge in [-0.3, -0.25) is 0 Å². The van der Waals surface area contributed by atoms with Crippen LogP contribution in [0.3, 0.4) is 0 Å². The third kappa shape index (κ3) is 2.61. The van der Waals surface area contributed by atoms with Gasteiger partial charge in [-0.05, 0) is 60.1 Å². The van der Waals surface area contributed by atoms with Crippen LogP contribution in [0.4, 0.5) is 0 Å². The summed E-state index contributed by atoms with van der Waals surface area (Å²) in [4.78, 5) is 0. The molecule has 0 amide bonds. The maximum absolute atomic E-state index is 10.6. The van der Waals surface area contributed by atoms with E-state index in [1.807, 2.05) is 37.3 Å². The average molecular weight is 287 g/mol. The molecule has 0 saturated heterocycles. The second kappa shape index (κ2) is 5.59. The standard InChI is InChI=1S/C18H19ClO/c1-12-8-9-16(19)11-17(12)18(20)15-7-3-6-14(10-15)13-4-2-5-13/h3,6-11,13,18,20H,2,4-5H2,1H3. The van der Waals surface area contributed by atoms with Crippen molar-refractivity contribution in [1.29, 1.82) is 0 Å². The molecule has 104 valence electrons. The van der Waals surface area contributed by atoms with Crippen LogP contribution in [0.15, 0.2) is 42.5 Å². The summed E-state index contributed by atoms with van der Waals surface area (Å²) in [6.07, 6.45) is 3.27. The number of aliphatic hydroxyl groups excluding tert-OH is 1. The van der Waals surface area contributed by atoms with Crippen LogP contribution in [-0.2, 0) is 0 Å². The van der Waals surface area contributed by atoms with Gasteiger partial charge in [-0.2, -0.15) is 0 Å². The lowest BCUT2D eigenvalue weighted by Crippen LogP contribution is -2.10. The summed E-state index contributed by atoms with van der Waals surface area (Å²) < 4.78 is 0. The molecule has 1 aliphatic carbocycles. The molecule has 1 unspecified atom stereocenters. The predicted molar refractivity (Wildman–Crippen MR) is 83.3 cm³/mol. The molecule has 0 radical (unpaired) electrons. The molecule has 1 aliphatic rings. The van der Waals surface area contributed by atoms with Crippen molar-refractivity contribution in [2.45, 2.75) is 38.2 Å². The zero-order chi connectivity index (χ0) is 14.1. The van der Waals surface area contributed by atoms with E-state index in [2.05, 4.69) is 12.1 Å². The highest BCUT2D eigenvalue weighted by molar-refractivity contribution is 6.30. The van der Waals surface area contributed by atoms with Crippen LogP contribution >= 0.6 is 11.6 Å². The lowest BCUT2D eigenvalue weighted by Gasteiger charge is -2.26. The van der Waals surface area contributed by atoms with Gasteiger partial charge < -0.3 is 5.11 Å². The second-order valence-electron chi connectivity index (χ2n) is 5.70. The molecule has 2 aromatic carbocycles. The Morgan fingerprint density at radius 1 is 1.15 bits per heavy atom. The third-order valence-electron chi connectivity index (χ3n) is 4.34. The molecule has 1 nitrogen and oxygen atoms in total. The lowest BCUT2D eigenvalue weighted by atomic mass is 9.79. The van der Waals surface area contributed by atoms with Crippen molar-refractivity contribution in [3.63, 3.8) is 0 Å².